The van der Waals surface area contributed by atoms with Crippen LogP contribution in [-0.2, 0) is 6.54 Å². The van der Waals surface area contributed by atoms with E-state index in [9.17, 15) is 4.79 Å². The lowest BCUT2D eigenvalue weighted by molar-refractivity contribution is 0.281. The average molecular weight is 314 g/mol. The number of nitrogens with one attached hydrogen (secondary N) is 1. The molecule has 1 heterocycles. The molecule has 0 aliphatic rings. The number of benzene rings is 1. The Morgan fingerprint density at radius 2 is 2.13 bits per heavy atom. The fourth-order valence-electron chi connectivity index (χ4n) is 2.02. The number of hydrogen-bond donors (Lipinski definition) is 2. The van der Waals surface area contributed by atoms with E-state index in [0.717, 1.165) is 11.3 Å². The molecule has 2 aromatic rings. The topological polar surface area (TPSA) is 80.7 Å². The maximum absolute atomic E-state index is 12.4. The van der Waals surface area contributed by atoms with Gasteiger partial charge in [-0.15, -0.1) is 0 Å². The number of nitrogens with zero attached hydrogens (tertiary/aromatic N) is 3. The van der Waals surface area contributed by atoms with E-state index in [0.29, 0.717) is 5.69 Å². The Labute approximate surface area is 134 Å². The summed E-state index contributed by atoms with van der Waals surface area (Å²) in [4.78, 5) is 15.7. The molecule has 1 atom stereocenters. The minimum absolute atomic E-state index is 0.0335. The summed E-state index contributed by atoms with van der Waals surface area (Å²) in [6.45, 7) is 9.13. The van der Waals surface area contributed by atoms with Gasteiger partial charge in [0.15, 0.2) is 0 Å². The van der Waals surface area contributed by atoms with Crippen molar-refractivity contribution in [1.82, 2.24) is 9.78 Å². The quantitative estimate of drug-likeness (QED) is 0.792. The second-order valence-corrected chi connectivity index (χ2v) is 5.06. The standard InChI is InChI=1S/C16H18N4O3/c1-11(10-21)19-14-8-18-20(16(22)15(14)17-2)9-12-4-6-13(23-3)7-5-12/h4-8,11,19,21H,9-10H2,1,3H3/t11-/m0/s1. The number of ether oxygens (including phenoxy) is 1. The van der Waals surface area contributed by atoms with Gasteiger partial charge in [0.2, 0.25) is 0 Å². The van der Waals surface area contributed by atoms with Crippen molar-refractivity contribution >= 4 is 11.4 Å². The molecular weight excluding hydrogens is 296 g/mol. The maximum Gasteiger partial charge on any atom is 0.275 e. The highest BCUT2D eigenvalue weighted by molar-refractivity contribution is 5.67. The van der Waals surface area contributed by atoms with Crippen LogP contribution in [0.15, 0.2) is 35.3 Å². The lowest BCUT2D eigenvalue weighted by atomic mass is 10.2. The molecule has 7 nitrogen and oxygen atoms in total. The van der Waals surface area contributed by atoms with Crippen LogP contribution in [0, 0.1) is 6.57 Å². The van der Waals surface area contributed by atoms with Gasteiger partial charge in [0.25, 0.3) is 11.2 Å². The SMILES string of the molecule is [C-]#[N+]c1c(N[C@@H](C)CO)cnn(Cc2ccc(OC)cc2)c1=O. The van der Waals surface area contributed by atoms with E-state index in [2.05, 4.69) is 15.3 Å². The first-order valence-electron chi connectivity index (χ1n) is 7.07. The molecule has 0 bridgehead atoms. The number of aromatic nitrogens is 2. The molecule has 0 aliphatic heterocycles. The summed E-state index contributed by atoms with van der Waals surface area (Å²) in [6.07, 6.45) is 1.43. The molecule has 0 aliphatic carbocycles. The van der Waals surface area contributed by atoms with Gasteiger partial charge in [-0.2, -0.15) is 5.10 Å². The van der Waals surface area contributed by atoms with Crippen molar-refractivity contribution in [3.05, 3.63) is 57.8 Å². The molecular formula is C16H18N4O3. The number of aliphatic hydroxyl groups is 1. The van der Waals surface area contributed by atoms with Gasteiger partial charge in [-0.05, 0) is 24.6 Å². The molecule has 0 saturated carbocycles. The first-order chi connectivity index (χ1) is 11.1. The second kappa shape index (κ2) is 7.42. The summed E-state index contributed by atoms with van der Waals surface area (Å²) in [7, 11) is 1.59. The van der Waals surface area contributed by atoms with E-state index < -0.39 is 5.56 Å². The zero-order valence-corrected chi connectivity index (χ0v) is 13.0. The zero-order valence-electron chi connectivity index (χ0n) is 13.0. The Kier molecular flexibility index (Phi) is 5.33. The van der Waals surface area contributed by atoms with E-state index in [1.54, 1.807) is 26.2 Å². The van der Waals surface area contributed by atoms with Crippen LogP contribution in [0.5, 0.6) is 5.75 Å². The largest absolute Gasteiger partial charge is 0.497 e. The molecule has 0 unspecified atom stereocenters. The number of anilines is 1. The molecule has 0 saturated heterocycles. The van der Waals surface area contributed by atoms with E-state index in [1.807, 2.05) is 12.1 Å². The monoisotopic (exact) mass is 314 g/mol. The molecule has 120 valence electrons. The zero-order chi connectivity index (χ0) is 16.8. The normalized spacial score (nSPS) is 11.6. The molecule has 1 aromatic carbocycles. The molecule has 0 radical (unpaired) electrons. The van der Waals surface area contributed by atoms with Crippen LogP contribution in [0.3, 0.4) is 0 Å². The van der Waals surface area contributed by atoms with Gasteiger partial charge in [-0.3, -0.25) is 4.79 Å². The Balaban J connectivity index is 2.29. The molecule has 0 spiro atoms. The number of hydrogen-bond acceptors (Lipinski definition) is 5. The third kappa shape index (κ3) is 3.87. The minimum Gasteiger partial charge on any atom is -0.497 e. The molecule has 1 aromatic heterocycles. The third-order valence-corrected chi connectivity index (χ3v) is 3.30. The van der Waals surface area contributed by atoms with Crippen molar-refractivity contribution in [1.29, 1.82) is 0 Å². The first-order valence-corrected chi connectivity index (χ1v) is 7.07. The summed E-state index contributed by atoms with van der Waals surface area (Å²) < 4.78 is 6.33. The summed E-state index contributed by atoms with van der Waals surface area (Å²) >= 11 is 0. The smallest absolute Gasteiger partial charge is 0.275 e. The summed E-state index contributed by atoms with van der Waals surface area (Å²) in [6, 6.07) is 7.01. The van der Waals surface area contributed by atoms with Crippen molar-refractivity contribution in [2.75, 3.05) is 19.0 Å². The lowest BCUT2D eigenvalue weighted by Gasteiger charge is -2.14. The van der Waals surface area contributed by atoms with Gasteiger partial charge in [-0.25, -0.2) is 9.53 Å². The molecule has 7 heteroatoms. The number of aliphatic hydroxyl groups excluding tert-OH is 1. The van der Waals surface area contributed by atoms with E-state index in [4.69, 9.17) is 16.4 Å². The van der Waals surface area contributed by atoms with Crippen LogP contribution < -0.4 is 15.6 Å². The molecule has 0 amide bonds. The predicted octanol–water partition coefficient (Wildman–Crippen LogP) is 1.64. The Morgan fingerprint density at radius 1 is 1.43 bits per heavy atom. The van der Waals surface area contributed by atoms with Crippen molar-refractivity contribution in [2.45, 2.75) is 19.5 Å². The molecule has 0 fully saturated rings. The van der Waals surface area contributed by atoms with Crippen LogP contribution in [-0.4, -0.2) is 34.6 Å². The van der Waals surface area contributed by atoms with Gasteiger partial charge in [0, 0.05) is 6.04 Å². The van der Waals surface area contributed by atoms with Crippen molar-refractivity contribution in [2.24, 2.45) is 0 Å². The van der Waals surface area contributed by atoms with Crippen LogP contribution in [0.1, 0.15) is 12.5 Å². The van der Waals surface area contributed by atoms with Gasteiger partial charge in [-0.1, -0.05) is 12.1 Å². The third-order valence-electron chi connectivity index (χ3n) is 3.30. The van der Waals surface area contributed by atoms with Crippen molar-refractivity contribution in [3.63, 3.8) is 0 Å². The van der Waals surface area contributed by atoms with E-state index >= 15 is 0 Å². The Morgan fingerprint density at radius 3 is 2.70 bits per heavy atom. The van der Waals surface area contributed by atoms with Gasteiger partial charge in [0.05, 0.1) is 38.7 Å². The Hall–Kier alpha value is -2.85. The van der Waals surface area contributed by atoms with E-state index in [1.165, 1.54) is 10.9 Å². The first kappa shape index (κ1) is 16.5. The number of rotatable bonds is 6. The number of methoxy groups -OCH3 is 1. The highest BCUT2D eigenvalue weighted by Crippen LogP contribution is 2.20. The Bertz CT molecular complexity index is 762. The summed E-state index contributed by atoms with van der Waals surface area (Å²) in [5.41, 5.74) is 0.707. The minimum atomic E-state index is -0.467. The lowest BCUT2D eigenvalue weighted by Crippen LogP contribution is -2.26. The van der Waals surface area contributed by atoms with Crippen molar-refractivity contribution < 1.29 is 9.84 Å². The fourth-order valence-corrected chi connectivity index (χ4v) is 2.02. The predicted molar refractivity (Wildman–Crippen MR) is 87.0 cm³/mol. The van der Waals surface area contributed by atoms with E-state index in [-0.39, 0.29) is 24.9 Å². The van der Waals surface area contributed by atoms with Crippen LogP contribution in [0.4, 0.5) is 11.4 Å². The van der Waals surface area contributed by atoms with Crippen LogP contribution in [0.2, 0.25) is 0 Å². The average Bonchev–Trinajstić information content (AvgIpc) is 2.58. The highest BCUT2D eigenvalue weighted by Gasteiger charge is 2.13. The van der Waals surface area contributed by atoms with Crippen LogP contribution >= 0.6 is 0 Å². The molecule has 2 rings (SSSR count). The highest BCUT2D eigenvalue weighted by atomic mass is 16.5. The second-order valence-electron chi connectivity index (χ2n) is 5.06. The van der Waals surface area contributed by atoms with Crippen molar-refractivity contribution in [3.8, 4) is 5.75 Å². The van der Waals surface area contributed by atoms with Gasteiger partial charge in [0.1, 0.15) is 5.75 Å². The van der Waals surface area contributed by atoms with Gasteiger partial charge >= 0.3 is 0 Å². The maximum atomic E-state index is 12.4. The summed E-state index contributed by atoms with van der Waals surface area (Å²) in [5, 5.41) is 16.1. The van der Waals surface area contributed by atoms with Gasteiger partial charge < -0.3 is 15.2 Å². The summed E-state index contributed by atoms with van der Waals surface area (Å²) in [5.74, 6) is 0.730. The molecule has 2 N–H and O–H groups in total. The molecule has 23 heavy (non-hydrogen) atoms. The fraction of sp³-hybridized carbons (Fsp3) is 0.312. The van der Waals surface area contributed by atoms with Crippen LogP contribution in [0.25, 0.3) is 4.85 Å².